The summed E-state index contributed by atoms with van der Waals surface area (Å²) >= 11 is 0. The van der Waals surface area contributed by atoms with E-state index in [1.807, 2.05) is 0 Å². The second-order valence-electron chi connectivity index (χ2n) is 13.8. The van der Waals surface area contributed by atoms with Crippen LogP contribution in [0.1, 0.15) is 85.0 Å². The van der Waals surface area contributed by atoms with Crippen molar-refractivity contribution in [3.63, 3.8) is 0 Å². The summed E-state index contributed by atoms with van der Waals surface area (Å²) in [5.41, 5.74) is 3.72. The van der Waals surface area contributed by atoms with Crippen LogP contribution in [0.5, 0.6) is 0 Å². The van der Waals surface area contributed by atoms with Gasteiger partial charge in [0.05, 0.1) is 12.2 Å². The van der Waals surface area contributed by atoms with Gasteiger partial charge in [0.2, 0.25) is 5.91 Å². The van der Waals surface area contributed by atoms with Crippen molar-refractivity contribution >= 4 is 5.91 Å². The number of likely N-dealkylation sites (N-methyl/N-ethyl adjacent to an activating group) is 1. The van der Waals surface area contributed by atoms with Crippen molar-refractivity contribution in [3.8, 4) is 0 Å². The predicted octanol–water partition coefficient (Wildman–Crippen LogP) is 3.67. The number of carbonyl (C=O) groups is 1. The van der Waals surface area contributed by atoms with E-state index in [9.17, 15) is 15.0 Å². The zero-order chi connectivity index (χ0) is 25.0. The Balaban J connectivity index is 1.20. The number of amides is 1. The lowest BCUT2D eigenvalue weighted by molar-refractivity contribution is -0.174. The molecule has 1 saturated heterocycles. The van der Waals surface area contributed by atoms with Crippen molar-refractivity contribution in [2.45, 2.75) is 97.2 Å². The van der Waals surface area contributed by atoms with E-state index in [0.29, 0.717) is 41.9 Å². The second kappa shape index (κ2) is 9.89. The Morgan fingerprint density at radius 3 is 2.40 bits per heavy atom. The summed E-state index contributed by atoms with van der Waals surface area (Å²) < 4.78 is 0. The quantitative estimate of drug-likeness (QED) is 0.549. The fourth-order valence-electron chi connectivity index (χ4n) is 9.89. The molecule has 0 aromatic carbocycles. The average Bonchev–Trinajstić information content (AvgIpc) is 3.17. The van der Waals surface area contributed by atoms with Gasteiger partial charge in [-0.1, -0.05) is 20.8 Å². The molecule has 6 heteroatoms. The number of hydrogen-bond donors (Lipinski definition) is 3. The molecule has 1 amide bonds. The number of hydrogen-bond acceptors (Lipinski definition) is 5. The Labute approximate surface area is 213 Å². The van der Waals surface area contributed by atoms with Crippen molar-refractivity contribution in [1.82, 2.24) is 15.3 Å². The van der Waals surface area contributed by atoms with Crippen molar-refractivity contribution in [2.75, 3.05) is 33.2 Å². The molecule has 0 aromatic rings. The van der Waals surface area contributed by atoms with Gasteiger partial charge in [0.15, 0.2) is 0 Å². The predicted molar refractivity (Wildman–Crippen MR) is 138 cm³/mol. The van der Waals surface area contributed by atoms with Gasteiger partial charge in [-0.05, 0) is 111 Å². The minimum atomic E-state index is -0.212. The standard InChI is InChI=1S/C29H51N3O3/c1-19(5-8-26(35)30-32-15-13-31(4)14-16-32)22-6-7-23-27-24(10-12-29(22,23)3)28(2)11-9-21(33)17-20(28)18-25(27)34/h19-25,27,33-34H,5-18H2,1-4H3,(H,30,35)/t19-,20?,21-,22?,23?,24?,25+,27?,28+,29-/m1/s1. The van der Waals surface area contributed by atoms with Gasteiger partial charge in [0.1, 0.15) is 0 Å². The van der Waals surface area contributed by atoms with E-state index in [1.54, 1.807) is 0 Å². The summed E-state index contributed by atoms with van der Waals surface area (Å²) in [5, 5.41) is 23.8. The van der Waals surface area contributed by atoms with Gasteiger partial charge in [-0.3, -0.25) is 10.2 Å². The van der Waals surface area contributed by atoms with Crippen LogP contribution in [0.3, 0.4) is 0 Å². The smallest absolute Gasteiger partial charge is 0.234 e. The fraction of sp³-hybridized carbons (Fsp3) is 0.966. The summed E-state index contributed by atoms with van der Waals surface area (Å²) in [7, 11) is 2.13. The lowest BCUT2D eigenvalue weighted by atomic mass is 9.43. The van der Waals surface area contributed by atoms with E-state index in [-0.39, 0.29) is 28.9 Å². The number of aliphatic hydroxyl groups is 2. The maximum atomic E-state index is 12.7. The minimum Gasteiger partial charge on any atom is -0.393 e. The third-order valence-corrected chi connectivity index (χ3v) is 12.0. The molecule has 5 aliphatic rings. The maximum Gasteiger partial charge on any atom is 0.234 e. The Morgan fingerprint density at radius 1 is 0.971 bits per heavy atom. The molecular formula is C29H51N3O3. The number of piperazine rings is 1. The van der Waals surface area contributed by atoms with Crippen molar-refractivity contribution in [3.05, 3.63) is 0 Å². The molecule has 6 nitrogen and oxygen atoms in total. The first-order chi connectivity index (χ1) is 16.6. The van der Waals surface area contributed by atoms with E-state index in [1.165, 1.54) is 25.7 Å². The van der Waals surface area contributed by atoms with Crippen molar-refractivity contribution in [1.29, 1.82) is 0 Å². The average molecular weight is 490 g/mol. The third-order valence-electron chi connectivity index (χ3n) is 12.0. The van der Waals surface area contributed by atoms with Gasteiger partial charge < -0.3 is 15.1 Å². The van der Waals surface area contributed by atoms with E-state index >= 15 is 0 Å². The van der Waals surface area contributed by atoms with Crippen LogP contribution in [0.4, 0.5) is 0 Å². The molecule has 4 aliphatic carbocycles. The van der Waals surface area contributed by atoms with Gasteiger partial charge in [-0.2, -0.15) is 0 Å². The topological polar surface area (TPSA) is 76.0 Å². The lowest BCUT2D eigenvalue weighted by Crippen LogP contribution is -2.58. The van der Waals surface area contributed by atoms with Crippen LogP contribution in [0.15, 0.2) is 0 Å². The number of carbonyl (C=O) groups excluding carboxylic acids is 1. The van der Waals surface area contributed by atoms with Crippen LogP contribution in [0.25, 0.3) is 0 Å². The number of hydrazine groups is 1. The van der Waals surface area contributed by atoms with E-state index in [2.05, 4.69) is 43.2 Å². The zero-order valence-electron chi connectivity index (χ0n) is 22.7. The molecule has 0 spiro atoms. The molecule has 35 heavy (non-hydrogen) atoms. The molecule has 0 bridgehead atoms. The van der Waals surface area contributed by atoms with Gasteiger partial charge >= 0.3 is 0 Å². The van der Waals surface area contributed by atoms with Crippen LogP contribution in [-0.2, 0) is 4.79 Å². The molecule has 0 aromatic heterocycles. The van der Waals surface area contributed by atoms with E-state index in [0.717, 1.165) is 58.3 Å². The first-order valence-electron chi connectivity index (χ1n) is 14.7. The van der Waals surface area contributed by atoms with E-state index in [4.69, 9.17) is 0 Å². The van der Waals surface area contributed by atoms with E-state index < -0.39 is 0 Å². The summed E-state index contributed by atoms with van der Waals surface area (Å²) in [6.45, 7) is 11.2. The van der Waals surface area contributed by atoms with Gasteiger partial charge in [-0.15, -0.1) is 0 Å². The highest BCUT2D eigenvalue weighted by Gasteiger charge is 2.62. The molecule has 1 aliphatic heterocycles. The summed E-state index contributed by atoms with van der Waals surface area (Å²) in [4.78, 5) is 15.0. The monoisotopic (exact) mass is 489 g/mol. The largest absolute Gasteiger partial charge is 0.393 e. The molecule has 1 heterocycles. The highest BCUT2D eigenvalue weighted by Crippen LogP contribution is 2.68. The summed E-state index contributed by atoms with van der Waals surface area (Å²) in [5.74, 6) is 3.46. The Kier molecular flexibility index (Phi) is 7.33. The molecule has 200 valence electrons. The lowest BCUT2D eigenvalue weighted by Gasteiger charge is -2.62. The molecule has 10 atom stereocenters. The number of rotatable bonds is 5. The van der Waals surface area contributed by atoms with Crippen LogP contribution < -0.4 is 5.43 Å². The number of nitrogens with one attached hydrogen (secondary N) is 1. The van der Waals surface area contributed by atoms with Crippen molar-refractivity contribution < 1.29 is 15.0 Å². The zero-order valence-corrected chi connectivity index (χ0v) is 22.7. The third kappa shape index (κ3) is 4.70. The van der Waals surface area contributed by atoms with Crippen LogP contribution >= 0.6 is 0 Å². The molecule has 0 radical (unpaired) electrons. The number of nitrogens with zero attached hydrogens (tertiary/aromatic N) is 2. The normalized spacial score (nSPS) is 47.4. The Bertz CT molecular complexity index is 770. The molecule has 4 saturated carbocycles. The Morgan fingerprint density at radius 2 is 1.66 bits per heavy atom. The number of aliphatic hydroxyl groups excluding tert-OH is 2. The van der Waals surface area contributed by atoms with Gasteiger partial charge in [0, 0.05) is 32.6 Å². The molecule has 5 fully saturated rings. The van der Waals surface area contributed by atoms with Crippen LogP contribution in [0, 0.1) is 46.3 Å². The molecular weight excluding hydrogens is 438 g/mol. The molecule has 5 rings (SSSR count). The first-order valence-corrected chi connectivity index (χ1v) is 14.7. The number of fused-ring (bicyclic) bond motifs is 5. The maximum absolute atomic E-state index is 12.7. The van der Waals surface area contributed by atoms with Crippen molar-refractivity contribution in [2.24, 2.45) is 46.3 Å². The highest BCUT2D eigenvalue weighted by molar-refractivity contribution is 5.75. The van der Waals surface area contributed by atoms with Gasteiger partial charge in [-0.25, -0.2) is 5.01 Å². The second-order valence-corrected chi connectivity index (χ2v) is 13.8. The first kappa shape index (κ1) is 25.9. The van der Waals surface area contributed by atoms with Gasteiger partial charge in [0.25, 0.3) is 0 Å². The molecule has 5 unspecified atom stereocenters. The van der Waals surface area contributed by atoms with Crippen LogP contribution in [0.2, 0.25) is 0 Å². The Hall–Kier alpha value is -0.690. The summed E-state index contributed by atoms with van der Waals surface area (Å²) in [6, 6.07) is 0. The fourth-order valence-corrected chi connectivity index (χ4v) is 9.89. The molecule has 3 N–H and O–H groups in total. The minimum absolute atomic E-state index is 0.171. The SMILES string of the molecule is C[C@H](CCC(=O)NN1CCN(C)CC1)C1CCC2C3C(CC[C@@]21C)[C@@]1(C)CC[C@@H](O)CC1C[C@@H]3O. The highest BCUT2D eigenvalue weighted by atomic mass is 16.3. The summed E-state index contributed by atoms with van der Waals surface area (Å²) in [6.07, 6.45) is 9.99. The van der Waals surface area contributed by atoms with Crippen LogP contribution in [-0.4, -0.2) is 71.5 Å².